The molecule has 1 saturated heterocycles. The number of nitrogens with zero attached hydrogens (tertiary/aromatic N) is 1. The van der Waals surface area contributed by atoms with Crippen molar-refractivity contribution >= 4 is 11.7 Å². The van der Waals surface area contributed by atoms with Crippen molar-refractivity contribution in [3.05, 3.63) is 59.4 Å². The Morgan fingerprint density at radius 1 is 1.04 bits per heavy atom. The maximum absolute atomic E-state index is 13.1. The number of piperidine rings is 1. The molecule has 1 unspecified atom stereocenters. The van der Waals surface area contributed by atoms with E-state index >= 15 is 0 Å². The van der Waals surface area contributed by atoms with Gasteiger partial charge in [0.25, 0.3) is 5.91 Å². The highest BCUT2D eigenvalue weighted by Crippen LogP contribution is 2.31. The molecule has 1 fully saturated rings. The molecule has 0 radical (unpaired) electrons. The fourth-order valence-corrected chi connectivity index (χ4v) is 3.45. The third kappa shape index (κ3) is 3.94. The Morgan fingerprint density at radius 3 is 2.26 bits per heavy atom. The van der Waals surface area contributed by atoms with E-state index in [1.807, 2.05) is 0 Å². The molecule has 0 spiro atoms. The molecular weight excluding hydrogens is 349 g/mol. The molecule has 6 heteroatoms. The number of likely N-dealkylation sites (tertiary alicyclic amines) is 1. The molecule has 0 aliphatic carbocycles. The monoisotopic (exact) mass is 371 g/mol. The zero-order valence-corrected chi connectivity index (χ0v) is 15.4. The summed E-state index contributed by atoms with van der Waals surface area (Å²) in [6.45, 7) is 0.878. The Hall–Kier alpha value is -2.89. The maximum atomic E-state index is 13.1. The smallest absolute Gasteiger partial charge is 0.261 e. The fourth-order valence-electron chi connectivity index (χ4n) is 3.45. The topological polar surface area (TPSA) is 55.8 Å². The number of rotatable bonds is 5. The van der Waals surface area contributed by atoms with Gasteiger partial charge in [0.05, 0.1) is 14.2 Å². The molecule has 2 aromatic carbocycles. The van der Waals surface area contributed by atoms with Gasteiger partial charge in [-0.2, -0.15) is 0 Å². The number of ketones is 1. The molecule has 0 N–H and O–H groups in total. The van der Waals surface area contributed by atoms with Crippen LogP contribution >= 0.6 is 0 Å². The Balaban J connectivity index is 1.81. The van der Waals surface area contributed by atoms with Gasteiger partial charge < -0.3 is 14.4 Å². The van der Waals surface area contributed by atoms with Crippen molar-refractivity contribution in [3.8, 4) is 11.5 Å². The molecule has 0 bridgehead atoms. The molecule has 1 aliphatic rings. The summed E-state index contributed by atoms with van der Waals surface area (Å²) in [7, 11) is 3.01. The molecule has 1 aliphatic heterocycles. The number of benzene rings is 2. The Bertz CT molecular complexity index is 812. The summed E-state index contributed by atoms with van der Waals surface area (Å²) < 4.78 is 23.8. The van der Waals surface area contributed by atoms with Gasteiger partial charge in [-0.1, -0.05) is 6.07 Å². The first-order valence-corrected chi connectivity index (χ1v) is 8.85. The largest absolute Gasteiger partial charge is 0.496 e. The summed E-state index contributed by atoms with van der Waals surface area (Å²) in [6, 6.07) is 10.7. The van der Waals surface area contributed by atoms with Gasteiger partial charge in [0.15, 0.2) is 5.78 Å². The maximum Gasteiger partial charge on any atom is 0.261 e. The van der Waals surface area contributed by atoms with Crippen molar-refractivity contribution < 1.29 is 23.5 Å². The van der Waals surface area contributed by atoms with Gasteiger partial charge in [-0.3, -0.25) is 9.59 Å². The third-order valence-electron chi connectivity index (χ3n) is 4.85. The highest BCUT2D eigenvalue weighted by molar-refractivity contribution is 6.01. The number of halogens is 1. The number of carbonyl (C=O) groups excluding carboxylic acids is 2. The SMILES string of the molecule is COc1cccc(OC)c1C(=O)N1CCCC(C(=O)c2ccc(F)cc2)C1. The van der Waals surface area contributed by atoms with E-state index in [1.165, 1.54) is 38.5 Å². The molecule has 2 aromatic rings. The first-order chi connectivity index (χ1) is 13.0. The number of Topliss-reactive ketones (excluding diaryl/α,β-unsaturated/α-hetero) is 1. The number of methoxy groups -OCH3 is 2. The van der Waals surface area contributed by atoms with Crippen LogP contribution in [0.3, 0.4) is 0 Å². The van der Waals surface area contributed by atoms with Gasteiger partial charge in [0, 0.05) is 24.6 Å². The minimum Gasteiger partial charge on any atom is -0.496 e. The second-order valence-corrected chi connectivity index (χ2v) is 6.50. The number of hydrogen-bond acceptors (Lipinski definition) is 4. The summed E-state index contributed by atoms with van der Waals surface area (Å²) in [5.41, 5.74) is 0.822. The normalized spacial score (nSPS) is 16.7. The van der Waals surface area contributed by atoms with Crippen molar-refractivity contribution in [3.63, 3.8) is 0 Å². The van der Waals surface area contributed by atoms with E-state index in [1.54, 1.807) is 23.1 Å². The Kier molecular flexibility index (Phi) is 5.74. The van der Waals surface area contributed by atoms with Crippen LogP contribution in [-0.2, 0) is 0 Å². The van der Waals surface area contributed by atoms with E-state index in [9.17, 15) is 14.0 Å². The van der Waals surface area contributed by atoms with Gasteiger partial charge in [0.1, 0.15) is 22.9 Å². The van der Waals surface area contributed by atoms with Crippen molar-refractivity contribution in [2.24, 2.45) is 5.92 Å². The van der Waals surface area contributed by atoms with Crippen LogP contribution in [0.1, 0.15) is 33.6 Å². The summed E-state index contributed by atoms with van der Waals surface area (Å²) >= 11 is 0. The first-order valence-electron chi connectivity index (χ1n) is 8.85. The molecular formula is C21H22FNO4. The zero-order valence-electron chi connectivity index (χ0n) is 15.4. The summed E-state index contributed by atoms with van der Waals surface area (Å²) in [5, 5.41) is 0. The molecule has 1 amide bonds. The lowest BCUT2D eigenvalue weighted by Crippen LogP contribution is -2.42. The Labute approximate surface area is 157 Å². The van der Waals surface area contributed by atoms with Crippen LogP contribution in [0, 0.1) is 11.7 Å². The van der Waals surface area contributed by atoms with Gasteiger partial charge in [-0.25, -0.2) is 4.39 Å². The standard InChI is InChI=1S/C21H22FNO4/c1-26-17-6-3-7-18(27-2)19(17)21(25)23-12-4-5-15(13-23)20(24)14-8-10-16(22)11-9-14/h3,6-11,15H,4-5,12-13H2,1-2H3. The van der Waals surface area contributed by atoms with Crippen LogP contribution in [-0.4, -0.2) is 43.9 Å². The van der Waals surface area contributed by atoms with Crippen LogP contribution in [0.4, 0.5) is 4.39 Å². The molecule has 0 saturated carbocycles. The highest BCUT2D eigenvalue weighted by atomic mass is 19.1. The quantitative estimate of drug-likeness (QED) is 0.754. The van der Waals surface area contributed by atoms with Crippen LogP contribution < -0.4 is 9.47 Å². The first kappa shape index (κ1) is 18.9. The lowest BCUT2D eigenvalue weighted by Gasteiger charge is -2.32. The summed E-state index contributed by atoms with van der Waals surface area (Å²) in [6.07, 6.45) is 1.42. The van der Waals surface area contributed by atoms with Crippen LogP contribution in [0.2, 0.25) is 0 Å². The van der Waals surface area contributed by atoms with Gasteiger partial charge >= 0.3 is 0 Å². The van der Waals surface area contributed by atoms with Crippen molar-refractivity contribution in [1.82, 2.24) is 4.90 Å². The second kappa shape index (κ2) is 8.20. The fraction of sp³-hybridized carbons (Fsp3) is 0.333. The van der Waals surface area contributed by atoms with E-state index in [2.05, 4.69) is 0 Å². The zero-order chi connectivity index (χ0) is 19.4. The lowest BCUT2D eigenvalue weighted by atomic mass is 9.89. The van der Waals surface area contributed by atoms with E-state index < -0.39 is 0 Å². The molecule has 5 nitrogen and oxygen atoms in total. The predicted octanol–water partition coefficient (Wildman–Crippen LogP) is 3.58. The van der Waals surface area contributed by atoms with E-state index in [0.717, 1.165) is 6.42 Å². The minimum atomic E-state index is -0.379. The average Bonchev–Trinajstić information content (AvgIpc) is 2.72. The predicted molar refractivity (Wildman–Crippen MR) is 98.9 cm³/mol. The van der Waals surface area contributed by atoms with Crippen molar-refractivity contribution in [2.75, 3.05) is 27.3 Å². The highest BCUT2D eigenvalue weighted by Gasteiger charge is 2.31. The Morgan fingerprint density at radius 2 is 1.67 bits per heavy atom. The van der Waals surface area contributed by atoms with Crippen LogP contribution in [0.5, 0.6) is 11.5 Å². The number of carbonyl (C=O) groups is 2. The van der Waals surface area contributed by atoms with E-state index in [4.69, 9.17) is 9.47 Å². The van der Waals surface area contributed by atoms with Gasteiger partial charge in [0.2, 0.25) is 0 Å². The summed E-state index contributed by atoms with van der Waals surface area (Å²) in [4.78, 5) is 27.5. The van der Waals surface area contributed by atoms with Crippen molar-refractivity contribution in [2.45, 2.75) is 12.8 Å². The molecule has 3 rings (SSSR count). The van der Waals surface area contributed by atoms with Gasteiger partial charge in [-0.05, 0) is 49.2 Å². The number of amides is 1. The molecule has 0 aromatic heterocycles. The van der Waals surface area contributed by atoms with E-state index in [-0.39, 0.29) is 23.4 Å². The molecule has 142 valence electrons. The average molecular weight is 371 g/mol. The summed E-state index contributed by atoms with van der Waals surface area (Å²) in [5.74, 6) is -0.109. The van der Waals surface area contributed by atoms with Crippen LogP contribution in [0.15, 0.2) is 42.5 Å². The van der Waals surface area contributed by atoms with E-state index in [0.29, 0.717) is 42.1 Å². The minimum absolute atomic E-state index is 0.0699. The van der Waals surface area contributed by atoms with Crippen molar-refractivity contribution in [1.29, 1.82) is 0 Å². The van der Waals surface area contributed by atoms with Crippen LogP contribution in [0.25, 0.3) is 0 Å². The lowest BCUT2D eigenvalue weighted by molar-refractivity contribution is 0.0631. The van der Waals surface area contributed by atoms with Gasteiger partial charge in [-0.15, -0.1) is 0 Å². The molecule has 27 heavy (non-hydrogen) atoms. The molecule has 1 heterocycles. The second-order valence-electron chi connectivity index (χ2n) is 6.50. The number of hydrogen-bond donors (Lipinski definition) is 0. The third-order valence-corrected chi connectivity index (χ3v) is 4.85. The number of ether oxygens (including phenoxy) is 2. The molecule has 1 atom stereocenters.